The molecule has 0 unspecified atom stereocenters. The lowest BCUT2D eigenvalue weighted by Gasteiger charge is -2.40. The fourth-order valence-corrected chi connectivity index (χ4v) is 1.21. The van der Waals surface area contributed by atoms with Crippen molar-refractivity contribution in [3.63, 3.8) is 0 Å². The largest absolute Gasteiger partial charge is 0.406 e. The molecule has 0 heterocycles. The molecular weight excluding hydrogens is 233 g/mol. The van der Waals surface area contributed by atoms with Crippen LogP contribution < -0.4 is 5.73 Å². The van der Waals surface area contributed by atoms with Crippen molar-refractivity contribution < 1.29 is 18.0 Å². The minimum atomic E-state index is -4.39. The quantitative estimate of drug-likeness (QED) is 0.835. The van der Waals surface area contributed by atoms with E-state index in [-0.39, 0.29) is 6.54 Å². The smallest absolute Gasteiger partial charge is 0.333 e. The molecule has 0 aromatic rings. The summed E-state index contributed by atoms with van der Waals surface area (Å²) in [5.74, 6) is -0.579. The Labute approximate surface area is 100 Å². The van der Waals surface area contributed by atoms with Gasteiger partial charge in [0.05, 0.1) is 5.41 Å². The van der Waals surface area contributed by atoms with Gasteiger partial charge in [-0.15, -0.1) is 0 Å². The van der Waals surface area contributed by atoms with Crippen LogP contribution in [-0.4, -0.2) is 35.6 Å². The highest BCUT2D eigenvalue weighted by molar-refractivity contribution is 5.83. The SMILES string of the molecule is CCN(CC(F)(F)F)C(=O)C(C)(C)C(C)(C)N. The predicted molar refractivity (Wildman–Crippen MR) is 60.4 cm³/mol. The van der Waals surface area contributed by atoms with Crippen molar-refractivity contribution in [2.45, 2.75) is 46.3 Å². The first kappa shape index (κ1) is 16.2. The maximum atomic E-state index is 12.3. The monoisotopic (exact) mass is 254 g/mol. The number of hydrogen-bond acceptors (Lipinski definition) is 2. The van der Waals surface area contributed by atoms with E-state index in [1.807, 2.05) is 0 Å². The van der Waals surface area contributed by atoms with Gasteiger partial charge in [-0.2, -0.15) is 13.2 Å². The topological polar surface area (TPSA) is 46.3 Å². The lowest BCUT2D eigenvalue weighted by atomic mass is 9.74. The molecule has 1 amide bonds. The Morgan fingerprint density at radius 2 is 1.59 bits per heavy atom. The van der Waals surface area contributed by atoms with Gasteiger partial charge in [0.25, 0.3) is 0 Å². The minimum Gasteiger partial charge on any atom is -0.333 e. The second-order valence-corrected chi connectivity index (χ2v) is 5.28. The molecule has 0 saturated carbocycles. The summed E-state index contributed by atoms with van der Waals surface area (Å²) in [4.78, 5) is 12.9. The Morgan fingerprint density at radius 3 is 1.82 bits per heavy atom. The molecule has 2 N–H and O–H groups in total. The molecule has 0 fully saturated rings. The highest BCUT2D eigenvalue weighted by Gasteiger charge is 2.44. The number of halogens is 3. The van der Waals surface area contributed by atoms with E-state index in [0.717, 1.165) is 4.90 Å². The fourth-order valence-electron chi connectivity index (χ4n) is 1.21. The Kier molecular flexibility index (Phi) is 4.62. The number of hydrogen-bond donors (Lipinski definition) is 1. The molecular formula is C11H21F3N2O. The Hall–Kier alpha value is -0.780. The first-order valence-electron chi connectivity index (χ1n) is 5.48. The Morgan fingerprint density at radius 1 is 1.18 bits per heavy atom. The second-order valence-electron chi connectivity index (χ2n) is 5.28. The average Bonchev–Trinajstić information content (AvgIpc) is 2.09. The van der Waals surface area contributed by atoms with Gasteiger partial charge >= 0.3 is 6.18 Å². The molecule has 0 aromatic carbocycles. The van der Waals surface area contributed by atoms with Gasteiger partial charge in [0.1, 0.15) is 6.54 Å². The van der Waals surface area contributed by atoms with Crippen LogP contribution in [0.1, 0.15) is 34.6 Å². The van der Waals surface area contributed by atoms with E-state index < -0.39 is 29.6 Å². The fraction of sp³-hybridized carbons (Fsp3) is 0.909. The van der Waals surface area contributed by atoms with Crippen LogP contribution in [0.3, 0.4) is 0 Å². The number of nitrogens with two attached hydrogens (primary N) is 1. The Bertz CT molecular complexity index is 279. The summed E-state index contributed by atoms with van der Waals surface area (Å²) in [6.07, 6.45) is -4.39. The highest BCUT2D eigenvalue weighted by Crippen LogP contribution is 2.31. The molecule has 0 radical (unpaired) electrons. The molecule has 6 heteroatoms. The molecule has 0 bridgehead atoms. The molecule has 3 nitrogen and oxygen atoms in total. The van der Waals surface area contributed by atoms with Gasteiger partial charge in [0.2, 0.25) is 5.91 Å². The van der Waals surface area contributed by atoms with Crippen LogP contribution >= 0.6 is 0 Å². The number of carbonyl (C=O) groups excluding carboxylic acids is 1. The third-order valence-electron chi connectivity index (χ3n) is 3.18. The summed E-state index contributed by atoms with van der Waals surface area (Å²) in [7, 11) is 0. The van der Waals surface area contributed by atoms with Crippen molar-refractivity contribution in [1.82, 2.24) is 4.90 Å². The van der Waals surface area contributed by atoms with Crippen LogP contribution in [0.25, 0.3) is 0 Å². The van der Waals surface area contributed by atoms with Gasteiger partial charge < -0.3 is 10.6 Å². The number of amides is 1. The average molecular weight is 254 g/mol. The molecule has 0 aliphatic rings. The normalized spacial score (nSPS) is 13.7. The third-order valence-corrected chi connectivity index (χ3v) is 3.18. The zero-order valence-corrected chi connectivity index (χ0v) is 11.0. The van der Waals surface area contributed by atoms with Crippen molar-refractivity contribution in [2.24, 2.45) is 11.1 Å². The van der Waals surface area contributed by atoms with E-state index in [1.165, 1.54) is 6.92 Å². The van der Waals surface area contributed by atoms with Crippen LogP contribution in [-0.2, 0) is 4.79 Å². The first-order chi connectivity index (χ1) is 7.33. The van der Waals surface area contributed by atoms with Crippen LogP contribution in [0.5, 0.6) is 0 Å². The number of alkyl halides is 3. The molecule has 17 heavy (non-hydrogen) atoms. The molecule has 102 valence electrons. The van der Waals surface area contributed by atoms with E-state index in [2.05, 4.69) is 0 Å². The van der Waals surface area contributed by atoms with Crippen molar-refractivity contribution >= 4 is 5.91 Å². The number of carbonyl (C=O) groups is 1. The molecule has 0 aliphatic heterocycles. The van der Waals surface area contributed by atoms with Gasteiger partial charge in [-0.05, 0) is 34.6 Å². The summed E-state index contributed by atoms with van der Waals surface area (Å²) in [5, 5.41) is 0. The van der Waals surface area contributed by atoms with E-state index in [4.69, 9.17) is 5.73 Å². The maximum absolute atomic E-state index is 12.3. The van der Waals surface area contributed by atoms with Crippen LogP contribution in [0.15, 0.2) is 0 Å². The van der Waals surface area contributed by atoms with Crippen molar-refractivity contribution in [3.05, 3.63) is 0 Å². The third kappa shape index (κ3) is 4.18. The number of rotatable bonds is 4. The molecule has 0 atom stereocenters. The van der Waals surface area contributed by atoms with Gasteiger partial charge in [0, 0.05) is 12.1 Å². The lowest BCUT2D eigenvalue weighted by molar-refractivity contribution is -0.168. The predicted octanol–water partition coefficient (Wildman–Crippen LogP) is 2.16. The van der Waals surface area contributed by atoms with Crippen molar-refractivity contribution in [1.29, 1.82) is 0 Å². The van der Waals surface area contributed by atoms with Crippen LogP contribution in [0.2, 0.25) is 0 Å². The van der Waals surface area contributed by atoms with Crippen LogP contribution in [0.4, 0.5) is 13.2 Å². The zero-order valence-electron chi connectivity index (χ0n) is 11.0. The summed E-state index contributed by atoms with van der Waals surface area (Å²) < 4.78 is 36.9. The van der Waals surface area contributed by atoms with E-state index in [9.17, 15) is 18.0 Å². The molecule has 0 aliphatic carbocycles. The van der Waals surface area contributed by atoms with Gasteiger partial charge in [-0.1, -0.05) is 0 Å². The zero-order chi connectivity index (χ0) is 14.1. The highest BCUT2D eigenvalue weighted by atomic mass is 19.4. The van der Waals surface area contributed by atoms with E-state index in [1.54, 1.807) is 27.7 Å². The second kappa shape index (κ2) is 4.84. The first-order valence-corrected chi connectivity index (χ1v) is 5.48. The maximum Gasteiger partial charge on any atom is 0.406 e. The molecule has 0 spiro atoms. The molecule has 0 rings (SSSR count). The van der Waals surface area contributed by atoms with Gasteiger partial charge in [-0.3, -0.25) is 4.79 Å². The summed E-state index contributed by atoms with van der Waals surface area (Å²) in [6, 6.07) is 0. The Balaban J connectivity index is 5.01. The minimum absolute atomic E-state index is 0.0118. The van der Waals surface area contributed by atoms with Gasteiger partial charge in [0.15, 0.2) is 0 Å². The number of nitrogens with zero attached hydrogens (tertiary/aromatic N) is 1. The molecule has 0 saturated heterocycles. The lowest BCUT2D eigenvalue weighted by Crippen LogP contribution is -2.57. The van der Waals surface area contributed by atoms with Crippen molar-refractivity contribution in [2.75, 3.05) is 13.1 Å². The van der Waals surface area contributed by atoms with Crippen LogP contribution in [0, 0.1) is 5.41 Å². The van der Waals surface area contributed by atoms with E-state index in [0.29, 0.717) is 0 Å². The standard InChI is InChI=1S/C11H21F3N2O/c1-6-16(7-11(12,13)14)8(17)9(2,3)10(4,5)15/h6-7,15H2,1-5H3. The van der Waals surface area contributed by atoms with Crippen molar-refractivity contribution in [3.8, 4) is 0 Å². The summed E-state index contributed by atoms with van der Waals surface area (Å²) in [5.41, 5.74) is 3.91. The summed E-state index contributed by atoms with van der Waals surface area (Å²) in [6.45, 7) is 6.68. The van der Waals surface area contributed by atoms with Gasteiger partial charge in [-0.25, -0.2) is 0 Å². The summed E-state index contributed by atoms with van der Waals surface area (Å²) >= 11 is 0. The van der Waals surface area contributed by atoms with E-state index >= 15 is 0 Å². The molecule has 0 aromatic heterocycles.